The molecule has 0 spiro atoms. The van der Waals surface area contributed by atoms with Gasteiger partial charge >= 0.3 is 0 Å². The third-order valence-corrected chi connectivity index (χ3v) is 5.45. The normalized spacial score (nSPS) is 11.5. The van der Waals surface area contributed by atoms with Crippen LogP contribution in [0.25, 0.3) is 0 Å². The Morgan fingerprint density at radius 1 is 1.04 bits per heavy atom. The van der Waals surface area contributed by atoms with Gasteiger partial charge in [-0.3, -0.25) is 9.52 Å². The van der Waals surface area contributed by atoms with Crippen molar-refractivity contribution in [1.29, 1.82) is 0 Å². The maximum Gasteiger partial charge on any atom is 0.271 e. The molecule has 0 saturated heterocycles. The summed E-state index contributed by atoms with van der Waals surface area (Å²) in [5.74, 6) is 0.183. The fraction of sp³-hybridized carbons (Fsp3) is 0. The SMILES string of the molecule is Nc1ccc(/C=N/NC(=O)c2ccc(NS(=O)(=O)c3ccc(Br)cc3)cc2)o1. The highest BCUT2D eigenvalue weighted by atomic mass is 79.9. The number of hydrogen-bond donors (Lipinski definition) is 3. The molecule has 3 rings (SSSR count). The summed E-state index contributed by atoms with van der Waals surface area (Å²) in [4.78, 5) is 12.2. The van der Waals surface area contributed by atoms with Gasteiger partial charge in [-0.2, -0.15) is 5.10 Å². The van der Waals surface area contributed by atoms with Crippen LogP contribution in [0.4, 0.5) is 11.6 Å². The van der Waals surface area contributed by atoms with Gasteiger partial charge in [-0.1, -0.05) is 15.9 Å². The minimum atomic E-state index is -3.72. The molecule has 0 radical (unpaired) electrons. The van der Waals surface area contributed by atoms with E-state index in [-0.39, 0.29) is 10.8 Å². The molecule has 4 N–H and O–H groups in total. The number of carbonyl (C=O) groups excluding carboxylic acids is 1. The van der Waals surface area contributed by atoms with Gasteiger partial charge in [0.25, 0.3) is 15.9 Å². The first-order valence-corrected chi connectivity index (χ1v) is 10.2. The Balaban J connectivity index is 1.63. The maximum atomic E-state index is 12.4. The van der Waals surface area contributed by atoms with Gasteiger partial charge in [0.15, 0.2) is 5.88 Å². The molecular formula is C18H15BrN4O4S. The molecule has 1 aromatic heterocycles. The van der Waals surface area contributed by atoms with Gasteiger partial charge in [-0.05, 0) is 54.6 Å². The molecule has 1 heterocycles. The standard InChI is InChI=1S/C18H15BrN4O4S/c19-13-3-8-16(9-4-13)28(25,26)23-14-5-1-12(2-6-14)18(24)22-21-11-15-7-10-17(20)27-15/h1-11,23H,20H2,(H,22,24)/b21-11+. The van der Waals surface area contributed by atoms with Crippen molar-refractivity contribution in [2.75, 3.05) is 10.5 Å². The summed E-state index contributed by atoms with van der Waals surface area (Å²) in [6.45, 7) is 0. The summed E-state index contributed by atoms with van der Waals surface area (Å²) in [5.41, 5.74) is 8.41. The van der Waals surface area contributed by atoms with Crippen LogP contribution in [0.3, 0.4) is 0 Å². The highest BCUT2D eigenvalue weighted by Crippen LogP contribution is 2.19. The second-order valence-corrected chi connectivity index (χ2v) is 8.17. The number of halogens is 1. The molecule has 10 heteroatoms. The molecule has 0 aliphatic carbocycles. The van der Waals surface area contributed by atoms with Crippen LogP contribution in [0.1, 0.15) is 16.1 Å². The molecule has 0 aliphatic rings. The number of carbonyl (C=O) groups is 1. The van der Waals surface area contributed by atoms with Crippen LogP contribution in [-0.4, -0.2) is 20.5 Å². The van der Waals surface area contributed by atoms with Crippen molar-refractivity contribution >= 4 is 49.6 Å². The van der Waals surface area contributed by atoms with Crippen LogP contribution in [0.2, 0.25) is 0 Å². The van der Waals surface area contributed by atoms with Crippen molar-refractivity contribution in [3.05, 3.63) is 76.5 Å². The highest BCUT2D eigenvalue weighted by molar-refractivity contribution is 9.10. The van der Waals surface area contributed by atoms with E-state index in [4.69, 9.17) is 10.2 Å². The number of nitrogens with two attached hydrogens (primary N) is 1. The van der Waals surface area contributed by atoms with Crippen molar-refractivity contribution in [3.8, 4) is 0 Å². The van der Waals surface area contributed by atoms with Gasteiger partial charge < -0.3 is 10.2 Å². The van der Waals surface area contributed by atoms with E-state index >= 15 is 0 Å². The van der Waals surface area contributed by atoms with Crippen LogP contribution in [0.5, 0.6) is 0 Å². The Kier molecular flexibility index (Phi) is 5.81. The predicted octanol–water partition coefficient (Wildman–Crippen LogP) is 3.19. The largest absolute Gasteiger partial charge is 0.440 e. The molecule has 3 aromatic rings. The number of benzene rings is 2. The van der Waals surface area contributed by atoms with Crippen molar-refractivity contribution in [2.24, 2.45) is 5.10 Å². The summed E-state index contributed by atoms with van der Waals surface area (Å²) in [6.07, 6.45) is 1.31. The molecule has 0 atom stereocenters. The molecule has 0 saturated carbocycles. The van der Waals surface area contributed by atoms with E-state index in [1.54, 1.807) is 24.3 Å². The quantitative estimate of drug-likeness (QED) is 0.382. The van der Waals surface area contributed by atoms with Crippen LogP contribution in [0, 0.1) is 0 Å². The zero-order valence-corrected chi connectivity index (χ0v) is 16.7. The Hall–Kier alpha value is -3.11. The topological polar surface area (TPSA) is 127 Å². The van der Waals surface area contributed by atoms with Gasteiger partial charge in [0.2, 0.25) is 0 Å². The predicted molar refractivity (Wildman–Crippen MR) is 110 cm³/mol. The van der Waals surface area contributed by atoms with E-state index in [1.165, 1.54) is 42.6 Å². The number of nitrogens with one attached hydrogen (secondary N) is 2. The van der Waals surface area contributed by atoms with Gasteiger partial charge in [0.1, 0.15) is 5.76 Å². The molecule has 0 unspecified atom stereocenters. The lowest BCUT2D eigenvalue weighted by Gasteiger charge is -2.08. The second kappa shape index (κ2) is 8.28. The molecule has 0 fully saturated rings. The minimum Gasteiger partial charge on any atom is -0.440 e. The molecule has 0 bridgehead atoms. The monoisotopic (exact) mass is 462 g/mol. The fourth-order valence-electron chi connectivity index (χ4n) is 2.17. The third-order valence-electron chi connectivity index (χ3n) is 3.53. The number of nitrogen functional groups attached to an aromatic ring is 1. The van der Waals surface area contributed by atoms with Crippen LogP contribution < -0.4 is 15.9 Å². The van der Waals surface area contributed by atoms with Crippen molar-refractivity contribution in [1.82, 2.24) is 5.43 Å². The zero-order valence-electron chi connectivity index (χ0n) is 14.3. The number of amides is 1. The summed E-state index contributed by atoms with van der Waals surface area (Å²) in [6, 6.07) is 15.4. The van der Waals surface area contributed by atoms with E-state index in [2.05, 4.69) is 31.2 Å². The van der Waals surface area contributed by atoms with Crippen LogP contribution >= 0.6 is 15.9 Å². The summed E-state index contributed by atoms with van der Waals surface area (Å²) in [7, 11) is -3.72. The Morgan fingerprint density at radius 3 is 2.32 bits per heavy atom. The first kappa shape index (κ1) is 19.6. The van der Waals surface area contributed by atoms with E-state index < -0.39 is 15.9 Å². The summed E-state index contributed by atoms with van der Waals surface area (Å²) < 4.78 is 33.1. The Labute approximate surface area is 169 Å². The average molecular weight is 463 g/mol. The lowest BCUT2D eigenvalue weighted by atomic mass is 10.2. The van der Waals surface area contributed by atoms with Crippen molar-refractivity contribution in [3.63, 3.8) is 0 Å². The first-order valence-electron chi connectivity index (χ1n) is 7.91. The number of hydrogen-bond acceptors (Lipinski definition) is 6. The zero-order chi connectivity index (χ0) is 20.1. The summed E-state index contributed by atoms with van der Waals surface area (Å²) in [5, 5.41) is 3.77. The van der Waals surface area contributed by atoms with Gasteiger partial charge in [0.05, 0.1) is 11.1 Å². The highest BCUT2D eigenvalue weighted by Gasteiger charge is 2.14. The molecule has 28 heavy (non-hydrogen) atoms. The molecule has 144 valence electrons. The van der Waals surface area contributed by atoms with Crippen LogP contribution in [-0.2, 0) is 10.0 Å². The van der Waals surface area contributed by atoms with Crippen molar-refractivity contribution in [2.45, 2.75) is 4.90 Å². The van der Waals surface area contributed by atoms with E-state index in [9.17, 15) is 13.2 Å². The van der Waals surface area contributed by atoms with E-state index in [0.717, 1.165) is 4.47 Å². The van der Waals surface area contributed by atoms with Gasteiger partial charge in [-0.15, -0.1) is 0 Å². The molecular weight excluding hydrogens is 448 g/mol. The smallest absolute Gasteiger partial charge is 0.271 e. The van der Waals surface area contributed by atoms with Gasteiger partial charge in [0, 0.05) is 21.8 Å². The lowest BCUT2D eigenvalue weighted by molar-refractivity contribution is 0.0955. The number of hydrazone groups is 1. The van der Waals surface area contributed by atoms with Crippen LogP contribution in [0.15, 0.2) is 79.6 Å². The number of anilines is 2. The lowest BCUT2D eigenvalue weighted by Crippen LogP contribution is -2.18. The molecule has 2 aromatic carbocycles. The summed E-state index contributed by atoms with van der Waals surface area (Å²) >= 11 is 3.26. The third kappa shape index (κ3) is 4.99. The van der Waals surface area contributed by atoms with Crippen molar-refractivity contribution < 1.29 is 17.6 Å². The van der Waals surface area contributed by atoms with E-state index in [1.807, 2.05) is 0 Å². The first-order chi connectivity index (χ1) is 13.3. The fourth-order valence-corrected chi connectivity index (χ4v) is 3.50. The average Bonchev–Trinajstić information content (AvgIpc) is 3.07. The maximum absolute atomic E-state index is 12.4. The number of sulfonamides is 1. The number of nitrogens with zero attached hydrogens (tertiary/aromatic N) is 1. The van der Waals surface area contributed by atoms with E-state index in [0.29, 0.717) is 17.0 Å². The molecule has 0 aliphatic heterocycles. The molecule has 1 amide bonds. The second-order valence-electron chi connectivity index (χ2n) is 5.58. The van der Waals surface area contributed by atoms with Gasteiger partial charge in [-0.25, -0.2) is 13.8 Å². The number of rotatable bonds is 6. The molecule has 8 nitrogen and oxygen atoms in total. The Bertz CT molecular complexity index is 1110. The minimum absolute atomic E-state index is 0.130. The Morgan fingerprint density at radius 2 is 1.71 bits per heavy atom. The number of furan rings is 1.